The van der Waals surface area contributed by atoms with Gasteiger partial charge < -0.3 is 9.67 Å². The van der Waals surface area contributed by atoms with Crippen molar-refractivity contribution < 1.29 is 5.11 Å². The van der Waals surface area contributed by atoms with E-state index in [2.05, 4.69) is 53.7 Å². The molecule has 0 amide bonds. The molecule has 1 N–H and O–H groups in total. The topological polar surface area (TPSA) is 38.0 Å². The van der Waals surface area contributed by atoms with E-state index in [1.165, 1.54) is 79.8 Å². The average Bonchev–Trinajstić information content (AvgIpc) is 3.23. The van der Waals surface area contributed by atoms with Gasteiger partial charge in [0.1, 0.15) is 0 Å². The summed E-state index contributed by atoms with van der Waals surface area (Å²) in [5, 5.41) is 11.9. The Bertz CT molecular complexity index is 1150. The van der Waals surface area contributed by atoms with Crippen LogP contribution >= 0.6 is 0 Å². The van der Waals surface area contributed by atoms with Gasteiger partial charge in [0, 0.05) is 29.9 Å². The van der Waals surface area contributed by atoms with Crippen LogP contribution in [0.15, 0.2) is 55.4 Å². The van der Waals surface area contributed by atoms with Crippen molar-refractivity contribution >= 4 is 16.5 Å². The molecule has 2 aliphatic rings. The largest absolute Gasteiger partial charge is 0.390 e. The number of hydrogen-bond acceptors (Lipinski definition) is 2. The van der Waals surface area contributed by atoms with Gasteiger partial charge in [-0.1, -0.05) is 69.4 Å². The maximum absolute atomic E-state index is 10.8. The second-order valence-electron chi connectivity index (χ2n) is 11.5. The van der Waals surface area contributed by atoms with Crippen LogP contribution in [0, 0.1) is 11.8 Å². The zero-order valence-corrected chi connectivity index (χ0v) is 21.5. The number of hydrogen-bond donors (Lipinski definition) is 1. The molecule has 0 aliphatic heterocycles. The van der Waals surface area contributed by atoms with E-state index >= 15 is 0 Å². The molecule has 2 aromatic heterocycles. The van der Waals surface area contributed by atoms with Gasteiger partial charge in [-0.05, 0) is 80.5 Å². The van der Waals surface area contributed by atoms with E-state index in [1.54, 1.807) is 0 Å². The van der Waals surface area contributed by atoms with Crippen LogP contribution in [0.4, 0.5) is 0 Å². The van der Waals surface area contributed by atoms with E-state index in [1.807, 2.05) is 13.1 Å². The normalized spacial score (nSPS) is 18.9. The summed E-state index contributed by atoms with van der Waals surface area (Å²) in [4.78, 5) is 4.76. The molecule has 186 valence electrons. The first-order chi connectivity index (χ1) is 17.0. The van der Waals surface area contributed by atoms with Crippen LogP contribution in [0.3, 0.4) is 0 Å². The standard InChI is InChI=1S/C32H42N2O/c1-24(27-13-8-12-26(21-27)20-25-10-4-3-5-11-25)30-22-31-28(23-33-30)16-19-34(31)18-7-6-17-32(2,35)29-14-9-15-29/h8,12-13,16,19,21-23,25,29,35H,1,3-7,9-11,14-15,17-18,20H2,2H3. The van der Waals surface area contributed by atoms with E-state index < -0.39 is 5.60 Å². The summed E-state index contributed by atoms with van der Waals surface area (Å²) in [5.41, 5.74) is 5.30. The molecule has 3 nitrogen and oxygen atoms in total. The molecule has 3 aromatic rings. The highest BCUT2D eigenvalue weighted by molar-refractivity contribution is 5.85. The molecule has 1 unspecified atom stereocenters. The summed E-state index contributed by atoms with van der Waals surface area (Å²) in [7, 11) is 0. The smallest absolute Gasteiger partial charge is 0.0723 e. The number of fused-ring (bicyclic) bond motifs is 1. The summed E-state index contributed by atoms with van der Waals surface area (Å²) < 4.78 is 2.34. The minimum absolute atomic E-state index is 0.489. The zero-order chi connectivity index (χ0) is 24.3. The van der Waals surface area contributed by atoms with Crippen LogP contribution in [0.5, 0.6) is 0 Å². The summed E-state index contributed by atoms with van der Waals surface area (Å²) in [6.45, 7) is 7.44. The molecule has 2 heterocycles. The van der Waals surface area contributed by atoms with Gasteiger partial charge >= 0.3 is 0 Å². The summed E-state index contributed by atoms with van der Waals surface area (Å²) in [5.74, 6) is 1.35. The Morgan fingerprint density at radius 3 is 2.66 bits per heavy atom. The number of aryl methyl sites for hydroxylation is 1. The van der Waals surface area contributed by atoms with Gasteiger partial charge in [0.2, 0.25) is 0 Å². The third-order valence-electron chi connectivity index (χ3n) is 8.81. The van der Waals surface area contributed by atoms with Crippen molar-refractivity contribution in [1.82, 2.24) is 9.55 Å². The highest BCUT2D eigenvalue weighted by Gasteiger charge is 2.35. The number of nitrogens with zero attached hydrogens (tertiary/aromatic N) is 2. The van der Waals surface area contributed by atoms with Crippen molar-refractivity contribution in [3.8, 4) is 0 Å². The highest BCUT2D eigenvalue weighted by atomic mass is 16.3. The lowest BCUT2D eigenvalue weighted by Gasteiger charge is -2.39. The van der Waals surface area contributed by atoms with Crippen LogP contribution < -0.4 is 0 Å². The lowest BCUT2D eigenvalue weighted by Crippen LogP contribution is -2.38. The number of aromatic nitrogens is 2. The lowest BCUT2D eigenvalue weighted by atomic mass is 9.72. The number of rotatable bonds is 10. The monoisotopic (exact) mass is 470 g/mol. The first kappa shape index (κ1) is 24.3. The number of pyridine rings is 1. The van der Waals surface area contributed by atoms with Gasteiger partial charge in [-0.3, -0.25) is 4.98 Å². The fraction of sp³-hybridized carbons (Fsp3) is 0.531. The van der Waals surface area contributed by atoms with E-state index in [0.29, 0.717) is 5.92 Å². The van der Waals surface area contributed by atoms with Crippen LogP contribution in [0.25, 0.3) is 16.5 Å². The van der Waals surface area contributed by atoms with Crippen molar-refractivity contribution in [3.63, 3.8) is 0 Å². The van der Waals surface area contributed by atoms with Crippen LogP contribution in [-0.4, -0.2) is 20.3 Å². The molecule has 2 saturated carbocycles. The van der Waals surface area contributed by atoms with Crippen molar-refractivity contribution in [2.24, 2.45) is 11.8 Å². The first-order valence-corrected chi connectivity index (χ1v) is 14.0. The Labute approximate surface area is 211 Å². The Kier molecular flexibility index (Phi) is 7.43. The van der Waals surface area contributed by atoms with E-state index in [0.717, 1.165) is 43.0 Å². The Morgan fingerprint density at radius 2 is 1.89 bits per heavy atom. The molecule has 2 fully saturated rings. The maximum Gasteiger partial charge on any atom is 0.0723 e. The van der Waals surface area contributed by atoms with Crippen molar-refractivity contribution in [2.75, 3.05) is 0 Å². The second-order valence-corrected chi connectivity index (χ2v) is 11.5. The van der Waals surface area contributed by atoms with Crippen LogP contribution in [0.2, 0.25) is 0 Å². The zero-order valence-electron chi connectivity index (χ0n) is 21.5. The molecule has 3 heteroatoms. The molecule has 35 heavy (non-hydrogen) atoms. The van der Waals surface area contributed by atoms with Crippen molar-refractivity contribution in [2.45, 2.75) is 96.1 Å². The molecule has 0 saturated heterocycles. The lowest BCUT2D eigenvalue weighted by molar-refractivity contribution is -0.0428. The minimum atomic E-state index is -0.489. The molecular weight excluding hydrogens is 428 g/mol. The summed E-state index contributed by atoms with van der Waals surface area (Å²) >= 11 is 0. The Morgan fingerprint density at radius 1 is 1.06 bits per heavy atom. The Hall–Kier alpha value is -2.39. The molecule has 0 bridgehead atoms. The van der Waals surface area contributed by atoms with Crippen LogP contribution in [0.1, 0.15) is 94.4 Å². The summed E-state index contributed by atoms with van der Waals surface area (Å²) in [6.07, 6.45) is 19.0. The van der Waals surface area contributed by atoms with E-state index in [-0.39, 0.29) is 0 Å². The van der Waals surface area contributed by atoms with Gasteiger partial charge in [0.25, 0.3) is 0 Å². The summed E-state index contributed by atoms with van der Waals surface area (Å²) in [6, 6.07) is 13.3. The van der Waals surface area contributed by atoms with E-state index in [4.69, 9.17) is 4.98 Å². The molecule has 2 aliphatic carbocycles. The predicted octanol–water partition coefficient (Wildman–Crippen LogP) is 7.94. The quantitative estimate of drug-likeness (QED) is 0.305. The van der Waals surface area contributed by atoms with Crippen LogP contribution in [-0.2, 0) is 13.0 Å². The van der Waals surface area contributed by atoms with Crippen molar-refractivity contribution in [1.29, 1.82) is 0 Å². The van der Waals surface area contributed by atoms with Crippen molar-refractivity contribution in [3.05, 3.63) is 72.2 Å². The van der Waals surface area contributed by atoms with Gasteiger partial charge in [0.15, 0.2) is 0 Å². The fourth-order valence-corrected chi connectivity index (χ4v) is 6.20. The van der Waals surface area contributed by atoms with Gasteiger partial charge in [-0.25, -0.2) is 0 Å². The number of aliphatic hydroxyl groups is 1. The highest BCUT2D eigenvalue weighted by Crippen LogP contribution is 2.38. The predicted molar refractivity (Wildman–Crippen MR) is 146 cm³/mol. The van der Waals surface area contributed by atoms with E-state index in [9.17, 15) is 5.11 Å². The molecular formula is C32H42N2O. The molecule has 0 spiro atoms. The fourth-order valence-electron chi connectivity index (χ4n) is 6.20. The first-order valence-electron chi connectivity index (χ1n) is 14.0. The van der Waals surface area contributed by atoms with Gasteiger partial charge in [0.05, 0.1) is 16.8 Å². The Balaban J connectivity index is 1.24. The number of benzene rings is 1. The molecule has 5 rings (SSSR count). The molecule has 1 atom stereocenters. The third-order valence-corrected chi connectivity index (χ3v) is 8.81. The SMILES string of the molecule is C=C(c1cccc(CC2CCCCC2)c1)c1cc2c(ccn2CCCCC(C)(O)C2CCC2)cn1. The maximum atomic E-state index is 10.8. The average molecular weight is 471 g/mol. The molecule has 0 radical (unpaired) electrons. The van der Waals surface area contributed by atoms with Gasteiger partial charge in [-0.2, -0.15) is 0 Å². The minimum Gasteiger partial charge on any atom is -0.390 e. The van der Waals surface area contributed by atoms with Gasteiger partial charge in [-0.15, -0.1) is 0 Å². The molecule has 1 aromatic carbocycles. The number of unbranched alkanes of at least 4 members (excludes halogenated alkanes) is 1. The third kappa shape index (κ3) is 5.72. The second kappa shape index (κ2) is 10.7.